The van der Waals surface area contributed by atoms with Crippen LogP contribution >= 0.6 is 0 Å². The largest absolute Gasteiger partial charge is 0.369 e. The minimum atomic E-state index is -0.146. The van der Waals surface area contributed by atoms with Crippen molar-refractivity contribution in [3.05, 3.63) is 11.6 Å². The minimum Gasteiger partial charge on any atom is -0.369 e. The number of nitrogens with two attached hydrogens (primary N) is 1. The average Bonchev–Trinajstić information content (AvgIpc) is 1.88. The summed E-state index contributed by atoms with van der Waals surface area (Å²) in [5.41, 5.74) is 6.46. The van der Waals surface area contributed by atoms with E-state index in [1.165, 1.54) is 5.57 Å². The molecule has 1 unspecified atom stereocenters. The number of hydrogen-bond donors (Lipinski definition) is 1. The lowest BCUT2D eigenvalue weighted by molar-refractivity contribution is -0.122. The number of hydrogen-bond acceptors (Lipinski definition) is 1. The second kappa shape index (κ2) is 2.86. The van der Waals surface area contributed by atoms with E-state index in [1.54, 1.807) is 0 Å². The van der Waals surface area contributed by atoms with E-state index in [-0.39, 0.29) is 11.8 Å². The van der Waals surface area contributed by atoms with Gasteiger partial charge in [-0.25, -0.2) is 0 Å². The highest BCUT2D eigenvalue weighted by molar-refractivity contribution is 5.77. The van der Waals surface area contributed by atoms with Crippen LogP contribution < -0.4 is 5.73 Å². The predicted molar refractivity (Wildman–Crippen MR) is 40.3 cm³/mol. The van der Waals surface area contributed by atoms with Crippen LogP contribution in [0.1, 0.15) is 26.2 Å². The highest BCUT2D eigenvalue weighted by Gasteiger charge is 2.17. The smallest absolute Gasteiger partial charge is 0.220 e. The molecule has 0 saturated heterocycles. The van der Waals surface area contributed by atoms with E-state index < -0.39 is 0 Å². The third-order valence-corrected chi connectivity index (χ3v) is 1.98. The molecule has 0 bridgehead atoms. The van der Waals surface area contributed by atoms with Crippen LogP contribution in [0, 0.1) is 5.92 Å². The van der Waals surface area contributed by atoms with Crippen molar-refractivity contribution in [1.82, 2.24) is 0 Å². The molecule has 1 amide bonds. The first kappa shape index (κ1) is 7.32. The van der Waals surface area contributed by atoms with Gasteiger partial charge in [0.25, 0.3) is 0 Å². The maximum Gasteiger partial charge on any atom is 0.220 e. The maximum absolute atomic E-state index is 10.7. The van der Waals surface area contributed by atoms with Crippen molar-refractivity contribution in [1.29, 1.82) is 0 Å². The van der Waals surface area contributed by atoms with Gasteiger partial charge in [-0.2, -0.15) is 0 Å². The van der Waals surface area contributed by atoms with Gasteiger partial charge in [0.2, 0.25) is 5.91 Å². The summed E-state index contributed by atoms with van der Waals surface area (Å²) >= 11 is 0. The standard InChI is InChI=1S/C8H13NO/c1-6-3-2-4-7(5-6)8(9)10/h3,7H,2,4-5H2,1H3,(H2,9,10). The van der Waals surface area contributed by atoms with Crippen LogP contribution in [0.4, 0.5) is 0 Å². The fourth-order valence-corrected chi connectivity index (χ4v) is 1.35. The van der Waals surface area contributed by atoms with Gasteiger partial charge in [-0.05, 0) is 26.2 Å². The summed E-state index contributed by atoms with van der Waals surface area (Å²) in [7, 11) is 0. The van der Waals surface area contributed by atoms with E-state index in [4.69, 9.17) is 5.73 Å². The first-order valence-electron chi connectivity index (χ1n) is 3.65. The second-order valence-corrected chi connectivity index (χ2v) is 2.93. The topological polar surface area (TPSA) is 43.1 Å². The Bertz CT molecular complexity index is 172. The Morgan fingerprint density at radius 3 is 2.90 bits per heavy atom. The summed E-state index contributed by atoms with van der Waals surface area (Å²) in [6.07, 6.45) is 5.00. The van der Waals surface area contributed by atoms with E-state index in [9.17, 15) is 4.79 Å². The van der Waals surface area contributed by atoms with Gasteiger partial charge in [0.15, 0.2) is 0 Å². The van der Waals surface area contributed by atoms with Crippen LogP contribution in [0.3, 0.4) is 0 Å². The van der Waals surface area contributed by atoms with Gasteiger partial charge in [0, 0.05) is 5.92 Å². The van der Waals surface area contributed by atoms with Gasteiger partial charge >= 0.3 is 0 Å². The SMILES string of the molecule is CC1=CCCC(C(N)=O)C1. The van der Waals surface area contributed by atoms with Crippen molar-refractivity contribution < 1.29 is 4.79 Å². The van der Waals surface area contributed by atoms with Gasteiger partial charge in [-0.15, -0.1) is 0 Å². The van der Waals surface area contributed by atoms with Gasteiger partial charge in [-0.1, -0.05) is 11.6 Å². The number of rotatable bonds is 1. The zero-order valence-corrected chi connectivity index (χ0v) is 6.26. The van der Waals surface area contributed by atoms with Gasteiger partial charge in [0.1, 0.15) is 0 Å². The zero-order chi connectivity index (χ0) is 7.56. The van der Waals surface area contributed by atoms with E-state index in [2.05, 4.69) is 13.0 Å². The molecule has 2 heteroatoms. The van der Waals surface area contributed by atoms with Gasteiger partial charge in [-0.3, -0.25) is 4.79 Å². The quantitative estimate of drug-likeness (QED) is 0.545. The van der Waals surface area contributed by atoms with Crippen LogP contribution in [0.5, 0.6) is 0 Å². The third-order valence-electron chi connectivity index (χ3n) is 1.98. The molecular formula is C8H13NO. The minimum absolute atomic E-state index is 0.102. The Kier molecular flexibility index (Phi) is 2.10. The summed E-state index contributed by atoms with van der Waals surface area (Å²) in [4.78, 5) is 10.7. The molecular weight excluding hydrogens is 126 g/mol. The van der Waals surface area contributed by atoms with Crippen molar-refractivity contribution in [3.8, 4) is 0 Å². The van der Waals surface area contributed by atoms with Crippen LogP contribution in [0.2, 0.25) is 0 Å². The molecule has 0 aliphatic heterocycles. The van der Waals surface area contributed by atoms with E-state index in [0.29, 0.717) is 0 Å². The molecule has 1 aliphatic rings. The van der Waals surface area contributed by atoms with E-state index >= 15 is 0 Å². The van der Waals surface area contributed by atoms with Crippen molar-refractivity contribution in [2.75, 3.05) is 0 Å². The highest BCUT2D eigenvalue weighted by atomic mass is 16.1. The molecule has 0 aromatic carbocycles. The Labute approximate surface area is 61.1 Å². The molecule has 0 aromatic rings. The van der Waals surface area contributed by atoms with Gasteiger partial charge < -0.3 is 5.73 Å². The molecule has 0 spiro atoms. The molecule has 0 fully saturated rings. The second-order valence-electron chi connectivity index (χ2n) is 2.93. The predicted octanol–water partition coefficient (Wildman–Crippen LogP) is 1.22. The van der Waals surface area contributed by atoms with E-state index in [0.717, 1.165) is 19.3 Å². The molecule has 1 rings (SSSR count). The van der Waals surface area contributed by atoms with E-state index in [1.807, 2.05) is 0 Å². The normalized spacial score (nSPS) is 25.7. The lowest BCUT2D eigenvalue weighted by atomic mass is 9.89. The van der Waals surface area contributed by atoms with Gasteiger partial charge in [0.05, 0.1) is 0 Å². The molecule has 56 valence electrons. The van der Waals surface area contributed by atoms with Crippen LogP contribution in [0.25, 0.3) is 0 Å². The number of carbonyl (C=O) groups is 1. The fourth-order valence-electron chi connectivity index (χ4n) is 1.35. The summed E-state index contributed by atoms with van der Waals surface area (Å²) in [6, 6.07) is 0. The van der Waals surface area contributed by atoms with Crippen molar-refractivity contribution in [2.24, 2.45) is 11.7 Å². The molecule has 1 aliphatic carbocycles. The summed E-state index contributed by atoms with van der Waals surface area (Å²) in [6.45, 7) is 2.05. The fraction of sp³-hybridized carbons (Fsp3) is 0.625. The Morgan fingerprint density at radius 2 is 2.50 bits per heavy atom. The number of primary amides is 1. The molecule has 0 saturated carbocycles. The van der Waals surface area contributed by atoms with Crippen LogP contribution in [0.15, 0.2) is 11.6 Å². The first-order valence-corrected chi connectivity index (χ1v) is 3.65. The molecule has 0 heterocycles. The maximum atomic E-state index is 10.7. The Morgan fingerprint density at radius 1 is 1.80 bits per heavy atom. The highest BCUT2D eigenvalue weighted by Crippen LogP contribution is 2.22. The summed E-state index contributed by atoms with van der Waals surface area (Å²) in [5.74, 6) is -0.0440. The van der Waals surface area contributed by atoms with Crippen LogP contribution in [-0.4, -0.2) is 5.91 Å². The molecule has 1 atom stereocenters. The molecule has 2 N–H and O–H groups in total. The van der Waals surface area contributed by atoms with Crippen molar-refractivity contribution in [3.63, 3.8) is 0 Å². The average molecular weight is 139 g/mol. The Hall–Kier alpha value is -0.790. The molecule has 0 aromatic heterocycles. The molecule has 10 heavy (non-hydrogen) atoms. The summed E-state index contributed by atoms with van der Waals surface area (Å²) < 4.78 is 0. The zero-order valence-electron chi connectivity index (χ0n) is 6.26. The monoisotopic (exact) mass is 139 g/mol. The van der Waals surface area contributed by atoms with Crippen molar-refractivity contribution >= 4 is 5.91 Å². The van der Waals surface area contributed by atoms with Crippen molar-refractivity contribution in [2.45, 2.75) is 26.2 Å². The third kappa shape index (κ3) is 1.59. The molecule has 2 nitrogen and oxygen atoms in total. The number of carbonyl (C=O) groups excluding carboxylic acids is 1. The molecule has 0 radical (unpaired) electrons. The lowest BCUT2D eigenvalue weighted by Gasteiger charge is -2.16. The Balaban J connectivity index is 2.53. The van der Waals surface area contributed by atoms with Crippen LogP contribution in [-0.2, 0) is 4.79 Å². The number of amides is 1. The summed E-state index contributed by atoms with van der Waals surface area (Å²) in [5, 5.41) is 0. The first-order chi connectivity index (χ1) is 4.70. The number of allylic oxidation sites excluding steroid dienone is 2. The lowest BCUT2D eigenvalue weighted by Crippen LogP contribution is -2.24.